The Morgan fingerprint density at radius 2 is 2.10 bits per heavy atom. The third-order valence-corrected chi connectivity index (χ3v) is 4.02. The smallest absolute Gasteiger partial charge is 0.178 e. The maximum absolute atomic E-state index is 6.06. The molecule has 0 aliphatic heterocycles. The number of nitrogens with two attached hydrogens (primary N) is 1. The third-order valence-electron chi connectivity index (χ3n) is 2.84. The van der Waals surface area contributed by atoms with Crippen LogP contribution in [0.15, 0.2) is 47.2 Å². The number of hydrogen-bond donors (Lipinski definition) is 1. The molecule has 6 heteroatoms. The van der Waals surface area contributed by atoms with E-state index >= 15 is 0 Å². The largest absolute Gasteiger partial charge is 0.380 e. The van der Waals surface area contributed by atoms with Gasteiger partial charge in [-0.3, -0.25) is 4.98 Å². The second-order valence-electron chi connectivity index (χ2n) is 4.14. The van der Waals surface area contributed by atoms with Crippen molar-refractivity contribution in [1.82, 2.24) is 10.1 Å². The molecule has 100 valence electrons. The van der Waals surface area contributed by atoms with Gasteiger partial charge < -0.3 is 10.3 Å². The molecule has 0 aliphatic carbocycles. The Morgan fingerprint density at radius 3 is 2.85 bits per heavy atom. The summed E-state index contributed by atoms with van der Waals surface area (Å²) in [4.78, 5) is 4.10. The Balaban J connectivity index is 2.24. The summed E-state index contributed by atoms with van der Waals surface area (Å²) < 4.78 is 6.41. The van der Waals surface area contributed by atoms with Crippen LogP contribution in [0.4, 0.5) is 5.82 Å². The van der Waals surface area contributed by atoms with Crippen LogP contribution < -0.4 is 5.73 Å². The van der Waals surface area contributed by atoms with E-state index in [1.165, 1.54) is 0 Å². The molecule has 0 amide bonds. The molecule has 0 atom stereocenters. The monoisotopic (exact) mass is 397 g/mol. The van der Waals surface area contributed by atoms with E-state index in [0.717, 1.165) is 20.3 Å². The predicted molar refractivity (Wildman–Crippen MR) is 87.3 cm³/mol. The molecule has 3 rings (SSSR count). The molecule has 0 radical (unpaired) electrons. The second kappa shape index (κ2) is 5.41. The Morgan fingerprint density at radius 1 is 1.25 bits per heavy atom. The fraction of sp³-hybridized carbons (Fsp3) is 0. The minimum Gasteiger partial charge on any atom is -0.380 e. The SMILES string of the molecule is Nc1noc(-c2cc(Cl)ccc2I)c1-c1cccnc1. The van der Waals surface area contributed by atoms with Crippen molar-refractivity contribution in [1.29, 1.82) is 0 Å². The van der Waals surface area contributed by atoms with Crippen LogP contribution in [0, 0.1) is 3.57 Å². The first-order chi connectivity index (χ1) is 9.66. The lowest BCUT2D eigenvalue weighted by molar-refractivity contribution is 0.436. The molecule has 0 fully saturated rings. The zero-order valence-corrected chi connectivity index (χ0v) is 13.1. The first-order valence-corrected chi connectivity index (χ1v) is 7.23. The molecular weight excluding hydrogens is 389 g/mol. The number of nitrogen functional groups attached to an aromatic ring is 1. The number of nitrogens with zero attached hydrogens (tertiary/aromatic N) is 2. The summed E-state index contributed by atoms with van der Waals surface area (Å²) in [6, 6.07) is 9.34. The van der Waals surface area contributed by atoms with Crippen LogP contribution >= 0.6 is 34.2 Å². The van der Waals surface area contributed by atoms with Crippen LogP contribution in [0.1, 0.15) is 0 Å². The van der Waals surface area contributed by atoms with Crippen molar-refractivity contribution in [2.45, 2.75) is 0 Å². The van der Waals surface area contributed by atoms with Crippen molar-refractivity contribution < 1.29 is 4.52 Å². The first-order valence-electron chi connectivity index (χ1n) is 5.78. The lowest BCUT2D eigenvalue weighted by Gasteiger charge is -2.05. The van der Waals surface area contributed by atoms with Gasteiger partial charge in [0.1, 0.15) is 0 Å². The highest BCUT2D eigenvalue weighted by molar-refractivity contribution is 14.1. The van der Waals surface area contributed by atoms with E-state index in [9.17, 15) is 0 Å². The van der Waals surface area contributed by atoms with Crippen LogP contribution in [0.3, 0.4) is 0 Å². The van der Waals surface area contributed by atoms with Crippen LogP contribution in [-0.2, 0) is 0 Å². The van der Waals surface area contributed by atoms with Crippen LogP contribution in [0.5, 0.6) is 0 Å². The quantitative estimate of drug-likeness (QED) is 0.657. The minimum absolute atomic E-state index is 0.337. The van der Waals surface area contributed by atoms with Crippen LogP contribution in [-0.4, -0.2) is 10.1 Å². The fourth-order valence-electron chi connectivity index (χ4n) is 1.95. The molecule has 0 saturated carbocycles. The van der Waals surface area contributed by atoms with Crippen LogP contribution in [0.25, 0.3) is 22.5 Å². The number of anilines is 1. The molecule has 20 heavy (non-hydrogen) atoms. The molecule has 0 saturated heterocycles. The molecule has 0 unspecified atom stereocenters. The molecule has 4 nitrogen and oxygen atoms in total. The van der Waals surface area contributed by atoms with Crippen LogP contribution in [0.2, 0.25) is 5.02 Å². The number of rotatable bonds is 2. The van der Waals surface area contributed by atoms with Gasteiger partial charge in [0, 0.05) is 32.1 Å². The topological polar surface area (TPSA) is 64.9 Å². The van der Waals surface area contributed by atoms with Crippen molar-refractivity contribution >= 4 is 40.0 Å². The molecule has 1 aromatic carbocycles. The molecule has 2 heterocycles. The molecule has 3 aromatic rings. The zero-order chi connectivity index (χ0) is 14.1. The molecule has 2 N–H and O–H groups in total. The van der Waals surface area contributed by atoms with E-state index in [4.69, 9.17) is 21.9 Å². The van der Waals surface area contributed by atoms with Crippen molar-refractivity contribution in [2.24, 2.45) is 0 Å². The van der Waals surface area contributed by atoms with E-state index in [2.05, 4.69) is 32.7 Å². The molecule has 0 bridgehead atoms. The number of benzene rings is 1. The highest BCUT2D eigenvalue weighted by Gasteiger charge is 2.19. The van der Waals surface area contributed by atoms with E-state index in [0.29, 0.717) is 16.6 Å². The van der Waals surface area contributed by atoms with Gasteiger partial charge in [-0.15, -0.1) is 0 Å². The Kier molecular flexibility index (Phi) is 3.62. The Bertz CT molecular complexity index is 758. The molecule has 0 spiro atoms. The van der Waals surface area contributed by atoms with E-state index in [1.54, 1.807) is 12.4 Å². The molecule has 2 aromatic heterocycles. The maximum Gasteiger partial charge on any atom is 0.178 e. The van der Waals surface area contributed by atoms with Crippen molar-refractivity contribution in [3.63, 3.8) is 0 Å². The van der Waals surface area contributed by atoms with Gasteiger partial charge in [0.2, 0.25) is 0 Å². The maximum atomic E-state index is 6.06. The lowest BCUT2D eigenvalue weighted by Crippen LogP contribution is -1.90. The highest BCUT2D eigenvalue weighted by Crippen LogP contribution is 2.38. The van der Waals surface area contributed by atoms with E-state index < -0.39 is 0 Å². The average molecular weight is 398 g/mol. The van der Waals surface area contributed by atoms with Gasteiger partial charge in [-0.1, -0.05) is 22.8 Å². The number of halogens is 2. The summed E-state index contributed by atoms with van der Waals surface area (Å²) >= 11 is 8.29. The zero-order valence-electron chi connectivity index (χ0n) is 10.2. The second-order valence-corrected chi connectivity index (χ2v) is 5.74. The number of pyridine rings is 1. The standard InChI is InChI=1S/C14H9ClIN3O/c15-9-3-4-11(16)10(6-9)13-12(14(17)19-20-13)8-2-1-5-18-7-8/h1-7H,(H2,17,19). The van der Waals surface area contributed by atoms with Gasteiger partial charge in [-0.05, 0) is 46.9 Å². The van der Waals surface area contributed by atoms with E-state index in [1.807, 2.05) is 30.3 Å². The summed E-state index contributed by atoms with van der Waals surface area (Å²) in [5, 5.41) is 4.50. The number of hydrogen-bond acceptors (Lipinski definition) is 4. The van der Waals surface area contributed by atoms with Crippen molar-refractivity contribution in [3.05, 3.63) is 51.3 Å². The van der Waals surface area contributed by atoms with Crippen molar-refractivity contribution in [2.75, 3.05) is 5.73 Å². The third kappa shape index (κ3) is 2.38. The van der Waals surface area contributed by atoms with Crippen molar-refractivity contribution in [3.8, 4) is 22.5 Å². The van der Waals surface area contributed by atoms with Gasteiger partial charge in [0.15, 0.2) is 11.6 Å². The Labute approximate surface area is 134 Å². The minimum atomic E-state index is 0.337. The summed E-state index contributed by atoms with van der Waals surface area (Å²) in [7, 11) is 0. The molecular formula is C14H9ClIN3O. The predicted octanol–water partition coefficient (Wildman–Crippen LogP) is 4.24. The lowest BCUT2D eigenvalue weighted by atomic mass is 10.0. The average Bonchev–Trinajstić information content (AvgIpc) is 2.84. The number of aromatic nitrogens is 2. The van der Waals surface area contributed by atoms with Gasteiger partial charge in [0.05, 0.1) is 5.56 Å². The highest BCUT2D eigenvalue weighted by atomic mass is 127. The van der Waals surface area contributed by atoms with Gasteiger partial charge >= 0.3 is 0 Å². The summed E-state index contributed by atoms with van der Waals surface area (Å²) in [5.41, 5.74) is 8.39. The Hall–Kier alpha value is -1.60. The fourth-order valence-corrected chi connectivity index (χ4v) is 2.70. The van der Waals surface area contributed by atoms with Gasteiger partial charge in [-0.25, -0.2) is 0 Å². The van der Waals surface area contributed by atoms with Gasteiger partial charge in [0.25, 0.3) is 0 Å². The van der Waals surface area contributed by atoms with Gasteiger partial charge in [-0.2, -0.15) is 0 Å². The summed E-state index contributed by atoms with van der Waals surface area (Å²) in [6.45, 7) is 0. The van der Waals surface area contributed by atoms with E-state index in [-0.39, 0.29) is 0 Å². The molecule has 0 aliphatic rings. The first kappa shape index (κ1) is 13.4. The summed E-state index contributed by atoms with van der Waals surface area (Å²) in [5.74, 6) is 0.936. The normalized spacial score (nSPS) is 10.7. The summed E-state index contributed by atoms with van der Waals surface area (Å²) in [6.07, 6.45) is 3.43.